The van der Waals surface area contributed by atoms with Crippen LogP contribution in [0.5, 0.6) is 11.6 Å². The number of hydrogen-bond acceptors (Lipinski definition) is 9. The average molecular weight is 571 g/mol. The summed E-state index contributed by atoms with van der Waals surface area (Å²) in [4.78, 5) is 24.0. The highest BCUT2D eigenvalue weighted by Crippen LogP contribution is 2.52. The Kier molecular flexibility index (Phi) is 7.41. The van der Waals surface area contributed by atoms with Crippen LogP contribution in [-0.2, 0) is 4.74 Å². The lowest BCUT2D eigenvalue weighted by Crippen LogP contribution is -2.68. The summed E-state index contributed by atoms with van der Waals surface area (Å²) >= 11 is 0. The number of aromatic nitrogens is 4. The molecule has 0 radical (unpaired) electrons. The van der Waals surface area contributed by atoms with E-state index in [0.29, 0.717) is 47.7 Å². The number of amides is 1. The number of carboxylic acid groups (broad SMARTS) is 1. The number of anilines is 1. The summed E-state index contributed by atoms with van der Waals surface area (Å²) in [6.45, 7) is 3.45. The third-order valence-electron chi connectivity index (χ3n) is 8.32. The lowest BCUT2D eigenvalue weighted by Gasteiger charge is -2.53. The molecular weight excluding hydrogens is 538 g/mol. The van der Waals surface area contributed by atoms with Crippen molar-refractivity contribution in [1.29, 1.82) is 0 Å². The SMILES string of the molecule is COCOc1cc(-c2cnnc(OC)c2)c(F)cc1-c1cnc(N(C)[C@@H]2C[C@@]3(C)CC[C@@](C)(C2F)N3C(=O)O)cn1. The molecule has 0 aliphatic carbocycles. The molecule has 3 aromatic rings. The van der Waals surface area contributed by atoms with E-state index < -0.39 is 35.2 Å². The predicted molar refractivity (Wildman–Crippen MR) is 145 cm³/mol. The minimum absolute atomic E-state index is 0.0886. The molecule has 2 aliphatic heterocycles. The molecule has 2 saturated heterocycles. The van der Waals surface area contributed by atoms with Crippen molar-refractivity contribution in [3.8, 4) is 34.0 Å². The fourth-order valence-corrected chi connectivity index (χ4v) is 6.19. The minimum Gasteiger partial charge on any atom is -0.480 e. The Morgan fingerprint density at radius 1 is 1.15 bits per heavy atom. The molecule has 13 heteroatoms. The zero-order chi connectivity index (χ0) is 29.5. The van der Waals surface area contributed by atoms with E-state index in [-0.39, 0.29) is 18.2 Å². The van der Waals surface area contributed by atoms with Gasteiger partial charge in [0.15, 0.2) is 6.79 Å². The van der Waals surface area contributed by atoms with Gasteiger partial charge in [0.1, 0.15) is 23.6 Å². The molecular formula is C28H32F2N6O5. The number of rotatable bonds is 8. The highest BCUT2D eigenvalue weighted by atomic mass is 19.1. The summed E-state index contributed by atoms with van der Waals surface area (Å²) in [5.74, 6) is 0.390. The molecule has 0 saturated carbocycles. The van der Waals surface area contributed by atoms with E-state index in [1.165, 1.54) is 49.8 Å². The molecule has 2 aliphatic rings. The second kappa shape index (κ2) is 10.7. The Labute approximate surface area is 236 Å². The maximum atomic E-state index is 15.9. The monoisotopic (exact) mass is 570 g/mol. The number of piperidine rings is 1. The number of ether oxygens (including phenoxy) is 3. The fourth-order valence-electron chi connectivity index (χ4n) is 6.19. The Morgan fingerprint density at radius 3 is 2.59 bits per heavy atom. The molecule has 2 aromatic heterocycles. The van der Waals surface area contributed by atoms with Crippen molar-refractivity contribution < 1.29 is 32.9 Å². The Hall–Kier alpha value is -4.13. The Morgan fingerprint density at radius 2 is 1.93 bits per heavy atom. The smallest absolute Gasteiger partial charge is 0.408 e. The highest BCUT2D eigenvalue weighted by Gasteiger charge is 2.63. The van der Waals surface area contributed by atoms with Crippen LogP contribution in [0.25, 0.3) is 22.4 Å². The second-order valence-electron chi connectivity index (χ2n) is 10.9. The quantitative estimate of drug-likeness (QED) is 0.385. The number of alkyl halides is 1. The van der Waals surface area contributed by atoms with Gasteiger partial charge >= 0.3 is 6.09 Å². The van der Waals surface area contributed by atoms with Crippen molar-refractivity contribution in [2.24, 2.45) is 0 Å². The van der Waals surface area contributed by atoms with Crippen molar-refractivity contribution in [3.05, 3.63) is 42.6 Å². The molecule has 5 rings (SSSR count). The average Bonchev–Trinajstić information content (AvgIpc) is 3.20. The highest BCUT2D eigenvalue weighted by molar-refractivity contribution is 5.75. The zero-order valence-electron chi connectivity index (χ0n) is 23.5. The van der Waals surface area contributed by atoms with Gasteiger partial charge < -0.3 is 24.2 Å². The molecule has 11 nitrogen and oxygen atoms in total. The number of benzene rings is 1. The fraction of sp³-hybridized carbons (Fsp3) is 0.464. The van der Waals surface area contributed by atoms with Crippen LogP contribution in [0.3, 0.4) is 0 Å². The summed E-state index contributed by atoms with van der Waals surface area (Å²) in [7, 11) is 4.64. The summed E-state index contributed by atoms with van der Waals surface area (Å²) in [5.41, 5.74) is -0.480. The van der Waals surface area contributed by atoms with Gasteiger partial charge in [-0.1, -0.05) is 0 Å². The number of carbonyl (C=O) groups is 1. The third-order valence-corrected chi connectivity index (χ3v) is 8.32. The molecule has 41 heavy (non-hydrogen) atoms. The van der Waals surface area contributed by atoms with Gasteiger partial charge in [0.05, 0.1) is 43.0 Å². The van der Waals surface area contributed by atoms with Crippen LogP contribution in [0, 0.1) is 5.82 Å². The van der Waals surface area contributed by atoms with Crippen LogP contribution >= 0.6 is 0 Å². The molecule has 4 heterocycles. The van der Waals surface area contributed by atoms with Crippen molar-refractivity contribution in [3.63, 3.8) is 0 Å². The van der Waals surface area contributed by atoms with E-state index in [1.807, 2.05) is 6.92 Å². The van der Waals surface area contributed by atoms with Crippen LogP contribution in [0.2, 0.25) is 0 Å². The molecule has 4 atom stereocenters. The van der Waals surface area contributed by atoms with Crippen LogP contribution in [0.1, 0.15) is 33.1 Å². The first kappa shape index (κ1) is 28.4. The van der Waals surface area contributed by atoms with Gasteiger partial charge in [-0.05, 0) is 45.2 Å². The molecule has 1 N–H and O–H groups in total. The zero-order valence-corrected chi connectivity index (χ0v) is 23.5. The van der Waals surface area contributed by atoms with Crippen molar-refractivity contribution in [2.75, 3.05) is 33.0 Å². The molecule has 2 bridgehead atoms. The maximum Gasteiger partial charge on any atom is 0.408 e. The van der Waals surface area contributed by atoms with E-state index in [4.69, 9.17) is 14.2 Å². The Bertz CT molecular complexity index is 1450. The van der Waals surface area contributed by atoms with Crippen molar-refractivity contribution in [2.45, 2.75) is 56.4 Å². The van der Waals surface area contributed by atoms with Gasteiger partial charge in [0.25, 0.3) is 0 Å². The van der Waals surface area contributed by atoms with Gasteiger partial charge in [0, 0.05) is 42.5 Å². The van der Waals surface area contributed by atoms with E-state index in [9.17, 15) is 9.90 Å². The number of halogens is 2. The van der Waals surface area contributed by atoms with Crippen LogP contribution < -0.4 is 14.4 Å². The normalized spacial score (nSPS) is 25.2. The van der Waals surface area contributed by atoms with E-state index >= 15 is 8.78 Å². The van der Waals surface area contributed by atoms with Gasteiger partial charge in [0.2, 0.25) is 5.88 Å². The minimum atomic E-state index is -1.43. The van der Waals surface area contributed by atoms with E-state index in [2.05, 4.69) is 20.2 Å². The third kappa shape index (κ3) is 4.88. The van der Waals surface area contributed by atoms with Crippen LogP contribution in [0.4, 0.5) is 19.4 Å². The predicted octanol–water partition coefficient (Wildman–Crippen LogP) is 4.57. The number of fused-ring (bicyclic) bond motifs is 2. The summed E-state index contributed by atoms with van der Waals surface area (Å²) in [5, 5.41) is 17.5. The molecule has 2 fully saturated rings. The van der Waals surface area contributed by atoms with Gasteiger partial charge in [-0.2, -0.15) is 5.10 Å². The lowest BCUT2D eigenvalue weighted by atomic mass is 9.80. The first-order valence-corrected chi connectivity index (χ1v) is 13.1. The number of nitrogens with zero attached hydrogens (tertiary/aromatic N) is 6. The van der Waals surface area contributed by atoms with Crippen molar-refractivity contribution >= 4 is 11.9 Å². The van der Waals surface area contributed by atoms with E-state index in [0.717, 1.165) is 0 Å². The second-order valence-corrected chi connectivity index (χ2v) is 10.9. The van der Waals surface area contributed by atoms with Crippen LogP contribution in [-0.4, -0.2) is 87.6 Å². The molecule has 218 valence electrons. The van der Waals surface area contributed by atoms with Gasteiger partial charge in [-0.15, -0.1) is 5.10 Å². The number of methoxy groups -OCH3 is 2. The lowest BCUT2D eigenvalue weighted by molar-refractivity contribution is -0.0380. The first-order chi connectivity index (χ1) is 19.5. The summed E-state index contributed by atoms with van der Waals surface area (Å²) < 4.78 is 47.2. The first-order valence-electron chi connectivity index (χ1n) is 13.1. The standard InChI is InChI=1S/C28H32F2N6O5/c1-27-6-7-28(2,36(27)26(37)38)25(30)21(11-27)35(3)23-14-31-20(13-32-23)18-9-19(29)17(10-22(18)41-15-39-4)16-8-24(40-5)34-33-12-16/h8-10,12-14,21,25H,6-7,11,15H2,1-5H3,(H,37,38)/t21-,25?,27-,28+/m1/s1. The number of hydrogen-bond donors (Lipinski definition) is 1. The summed E-state index contributed by atoms with van der Waals surface area (Å²) in [6, 6.07) is 3.76. The molecule has 1 unspecified atom stereocenters. The van der Waals surface area contributed by atoms with Gasteiger partial charge in [-0.25, -0.2) is 18.6 Å². The summed E-state index contributed by atoms with van der Waals surface area (Å²) in [6.07, 6.45) is 3.17. The van der Waals surface area contributed by atoms with Gasteiger partial charge in [-0.3, -0.25) is 9.88 Å². The van der Waals surface area contributed by atoms with Crippen LogP contribution in [0.15, 0.2) is 36.8 Å². The Balaban J connectivity index is 1.45. The molecule has 1 amide bonds. The molecule has 0 spiro atoms. The largest absolute Gasteiger partial charge is 0.480 e. The molecule has 1 aromatic carbocycles. The topological polar surface area (TPSA) is 123 Å². The van der Waals surface area contributed by atoms with Crippen molar-refractivity contribution in [1.82, 2.24) is 25.1 Å². The maximum absolute atomic E-state index is 15.9. The van der Waals surface area contributed by atoms with E-state index in [1.54, 1.807) is 24.9 Å².